The van der Waals surface area contributed by atoms with Gasteiger partial charge in [-0.2, -0.15) is 0 Å². The van der Waals surface area contributed by atoms with Crippen molar-refractivity contribution < 1.29 is 43.2 Å². The average molecular weight is 526 g/mol. The monoisotopic (exact) mass is 525 g/mol. The molecule has 2 rings (SSSR count). The van der Waals surface area contributed by atoms with E-state index in [4.69, 9.17) is 28.8 Å². The predicted molar refractivity (Wildman–Crippen MR) is 135 cm³/mol. The van der Waals surface area contributed by atoms with Gasteiger partial charge in [0.15, 0.2) is 0 Å². The van der Waals surface area contributed by atoms with Crippen LogP contribution in [0.4, 0.5) is 5.69 Å². The van der Waals surface area contributed by atoms with Crippen LogP contribution in [0.15, 0.2) is 18.2 Å². The summed E-state index contributed by atoms with van der Waals surface area (Å²) in [6, 6.07) is 4.90. The number of carbonyl (C=O) groups excluding carboxylic acids is 3. The second-order valence-electron chi connectivity index (χ2n) is 8.09. The van der Waals surface area contributed by atoms with Crippen LogP contribution in [0.1, 0.15) is 28.8 Å². The van der Waals surface area contributed by atoms with Crippen LogP contribution in [0.5, 0.6) is 0 Å². The van der Waals surface area contributed by atoms with Gasteiger partial charge in [0.25, 0.3) is 0 Å². The van der Waals surface area contributed by atoms with E-state index in [1.165, 1.54) is 0 Å². The third-order valence-electron chi connectivity index (χ3n) is 5.39. The van der Waals surface area contributed by atoms with Gasteiger partial charge >= 0.3 is 0 Å². The zero-order valence-corrected chi connectivity index (χ0v) is 21.2. The van der Waals surface area contributed by atoms with Crippen molar-refractivity contribution in [1.82, 2.24) is 10.6 Å². The smallest absolute Gasteiger partial charge is 0.243 e. The second-order valence-corrected chi connectivity index (χ2v) is 8.09. The Balaban J connectivity index is 1.52. The fourth-order valence-electron chi connectivity index (χ4n) is 3.50. The molecule has 0 aromatic heterocycles. The first kappa shape index (κ1) is 30.8. The van der Waals surface area contributed by atoms with Crippen LogP contribution in [0.25, 0.3) is 0 Å². The SMILES string of the molecule is O=Cc1cccc(NCCOCCOCCOCCOCCOCCO)c1CNC1CCC(=O)NC1=O. The van der Waals surface area contributed by atoms with Crippen LogP contribution in [-0.4, -0.2) is 108 Å². The Morgan fingerprint density at radius 3 is 2.05 bits per heavy atom. The summed E-state index contributed by atoms with van der Waals surface area (Å²) in [6.45, 7) is 5.31. The summed E-state index contributed by atoms with van der Waals surface area (Å²) in [4.78, 5) is 34.8. The van der Waals surface area contributed by atoms with Gasteiger partial charge in [-0.15, -0.1) is 0 Å². The fourth-order valence-corrected chi connectivity index (χ4v) is 3.50. The van der Waals surface area contributed by atoms with E-state index in [2.05, 4.69) is 16.0 Å². The molecule has 1 aromatic carbocycles. The number of imide groups is 1. The molecule has 1 aliphatic rings. The van der Waals surface area contributed by atoms with E-state index < -0.39 is 6.04 Å². The first-order valence-corrected chi connectivity index (χ1v) is 12.5. The minimum atomic E-state index is -0.477. The molecule has 0 saturated carbocycles. The summed E-state index contributed by atoms with van der Waals surface area (Å²) in [7, 11) is 0. The van der Waals surface area contributed by atoms with Crippen LogP contribution < -0.4 is 16.0 Å². The maximum Gasteiger partial charge on any atom is 0.243 e. The lowest BCUT2D eigenvalue weighted by molar-refractivity contribution is -0.134. The Morgan fingerprint density at radius 1 is 0.892 bits per heavy atom. The summed E-state index contributed by atoms with van der Waals surface area (Å²) in [6.07, 6.45) is 1.50. The third kappa shape index (κ3) is 13.1. The van der Waals surface area contributed by atoms with Crippen molar-refractivity contribution >= 4 is 23.8 Å². The number of piperidine rings is 1. The molecule has 1 saturated heterocycles. The van der Waals surface area contributed by atoms with E-state index in [0.717, 1.165) is 17.5 Å². The molecule has 0 bridgehead atoms. The number of ether oxygens (including phenoxy) is 5. The number of benzene rings is 1. The molecule has 12 nitrogen and oxygen atoms in total. The zero-order chi connectivity index (χ0) is 26.6. The van der Waals surface area contributed by atoms with Gasteiger partial charge in [-0.25, -0.2) is 0 Å². The van der Waals surface area contributed by atoms with Gasteiger partial charge in [0.05, 0.1) is 78.7 Å². The molecule has 0 aliphatic carbocycles. The number of carbonyl (C=O) groups is 3. The molecule has 4 N–H and O–H groups in total. The van der Waals surface area contributed by atoms with Crippen molar-refractivity contribution in [3.63, 3.8) is 0 Å². The molecule has 1 aromatic rings. The Labute approximate surface area is 217 Å². The number of aliphatic hydroxyl groups excluding tert-OH is 1. The summed E-state index contributed by atoms with van der Waals surface area (Å²) in [5.74, 6) is -0.612. The van der Waals surface area contributed by atoms with Crippen LogP contribution in [-0.2, 0) is 39.8 Å². The molecule has 0 radical (unpaired) electrons. The molecule has 1 atom stereocenters. The number of hydrogen-bond donors (Lipinski definition) is 4. The van der Waals surface area contributed by atoms with Gasteiger partial charge in [-0.1, -0.05) is 12.1 Å². The standard InChI is InChI=1S/C25H39N3O9/c29-7-9-34-11-13-36-15-17-37-16-14-35-12-10-33-8-6-26-22-3-1-2-20(19-30)21(22)18-27-23-4-5-24(31)28-25(23)32/h1-3,19,23,26-27,29H,4-18H2,(H,28,31,32). The summed E-state index contributed by atoms with van der Waals surface area (Å²) in [5, 5.41) is 17.3. The van der Waals surface area contributed by atoms with Gasteiger partial charge in [0.2, 0.25) is 11.8 Å². The minimum Gasteiger partial charge on any atom is -0.394 e. The van der Waals surface area contributed by atoms with Crippen molar-refractivity contribution in [2.75, 3.05) is 84.5 Å². The number of amides is 2. The first-order valence-electron chi connectivity index (χ1n) is 12.5. The predicted octanol–water partition coefficient (Wildman–Crippen LogP) is -0.119. The topological polar surface area (TPSA) is 154 Å². The van der Waals surface area contributed by atoms with E-state index in [1.54, 1.807) is 12.1 Å². The van der Waals surface area contributed by atoms with Gasteiger partial charge in [-0.05, 0) is 18.1 Å². The highest BCUT2D eigenvalue weighted by molar-refractivity contribution is 6.00. The molecule has 12 heteroatoms. The zero-order valence-electron chi connectivity index (χ0n) is 21.2. The fraction of sp³-hybridized carbons (Fsp3) is 0.640. The lowest BCUT2D eigenvalue weighted by Crippen LogP contribution is -2.50. The van der Waals surface area contributed by atoms with Gasteiger partial charge in [-0.3, -0.25) is 19.7 Å². The number of hydrogen-bond acceptors (Lipinski definition) is 11. The number of anilines is 1. The molecule has 208 valence electrons. The highest BCUT2D eigenvalue weighted by atomic mass is 16.6. The summed E-state index contributed by atoms with van der Waals surface area (Å²) >= 11 is 0. The minimum absolute atomic E-state index is 0.0103. The molecular weight excluding hydrogens is 486 g/mol. The van der Waals surface area contributed by atoms with Gasteiger partial charge in [0.1, 0.15) is 6.29 Å². The maximum absolute atomic E-state index is 12.0. The summed E-state index contributed by atoms with van der Waals surface area (Å²) < 4.78 is 26.9. The van der Waals surface area contributed by atoms with Gasteiger partial charge in [0, 0.05) is 30.8 Å². The van der Waals surface area contributed by atoms with Crippen LogP contribution >= 0.6 is 0 Å². The quantitative estimate of drug-likeness (QED) is 0.0910. The van der Waals surface area contributed by atoms with E-state index in [9.17, 15) is 14.4 Å². The number of nitrogens with one attached hydrogen (secondary N) is 3. The first-order chi connectivity index (χ1) is 18.2. The Kier molecular flexibility index (Phi) is 16.3. The van der Waals surface area contributed by atoms with Crippen molar-refractivity contribution in [2.45, 2.75) is 25.4 Å². The summed E-state index contributed by atoms with van der Waals surface area (Å²) in [5.41, 5.74) is 2.06. The van der Waals surface area contributed by atoms with Crippen LogP contribution in [0, 0.1) is 0 Å². The molecule has 1 heterocycles. The lowest BCUT2D eigenvalue weighted by atomic mass is 10.0. The van der Waals surface area contributed by atoms with Crippen molar-refractivity contribution in [3.05, 3.63) is 29.3 Å². The van der Waals surface area contributed by atoms with E-state index in [0.29, 0.717) is 91.1 Å². The van der Waals surface area contributed by atoms with Crippen molar-refractivity contribution in [2.24, 2.45) is 0 Å². The molecule has 0 spiro atoms. The molecule has 37 heavy (non-hydrogen) atoms. The Bertz CT molecular complexity index is 810. The third-order valence-corrected chi connectivity index (χ3v) is 5.39. The second kappa shape index (κ2) is 19.6. The maximum atomic E-state index is 12.0. The largest absolute Gasteiger partial charge is 0.394 e. The van der Waals surface area contributed by atoms with E-state index in [1.807, 2.05) is 6.07 Å². The molecular formula is C25H39N3O9. The molecule has 1 fully saturated rings. The molecule has 1 unspecified atom stereocenters. The van der Waals surface area contributed by atoms with Crippen molar-refractivity contribution in [3.8, 4) is 0 Å². The van der Waals surface area contributed by atoms with Gasteiger partial charge < -0.3 is 39.4 Å². The Hall–Kier alpha value is -2.45. The van der Waals surface area contributed by atoms with E-state index in [-0.39, 0.29) is 24.8 Å². The normalized spacial score (nSPS) is 15.5. The lowest BCUT2D eigenvalue weighted by Gasteiger charge is -2.23. The number of aliphatic hydroxyl groups is 1. The van der Waals surface area contributed by atoms with Crippen LogP contribution in [0.2, 0.25) is 0 Å². The number of rotatable bonds is 22. The highest BCUT2D eigenvalue weighted by Gasteiger charge is 2.26. The number of aldehydes is 1. The average Bonchev–Trinajstić information content (AvgIpc) is 2.90. The highest BCUT2D eigenvalue weighted by Crippen LogP contribution is 2.19. The molecule has 1 aliphatic heterocycles. The Morgan fingerprint density at radius 2 is 1.49 bits per heavy atom. The molecule has 2 amide bonds. The van der Waals surface area contributed by atoms with E-state index >= 15 is 0 Å². The van der Waals surface area contributed by atoms with Crippen LogP contribution in [0.3, 0.4) is 0 Å². The van der Waals surface area contributed by atoms with Crippen molar-refractivity contribution in [1.29, 1.82) is 0 Å².